The summed E-state index contributed by atoms with van der Waals surface area (Å²) in [6, 6.07) is 2.01. The molecule has 2 aromatic rings. The van der Waals surface area contributed by atoms with Gasteiger partial charge in [-0.1, -0.05) is 0 Å². The number of esters is 1. The third kappa shape index (κ3) is 3.20. The number of rotatable bonds is 5. The van der Waals surface area contributed by atoms with Crippen molar-refractivity contribution in [3.8, 4) is 0 Å². The third-order valence-electron chi connectivity index (χ3n) is 3.45. The van der Waals surface area contributed by atoms with E-state index in [1.165, 1.54) is 6.08 Å². The molecule has 116 valence electrons. The molecular formula is C17H19NO3S. The van der Waals surface area contributed by atoms with Gasteiger partial charge in [-0.05, 0) is 62.4 Å². The molecule has 0 saturated heterocycles. The van der Waals surface area contributed by atoms with Crippen LogP contribution in [0.15, 0.2) is 17.5 Å². The summed E-state index contributed by atoms with van der Waals surface area (Å²) < 4.78 is 5.03. The first-order chi connectivity index (χ1) is 10.5. The Morgan fingerprint density at radius 1 is 1.32 bits per heavy atom. The largest absolute Gasteiger partial charge is 0.462 e. The highest BCUT2D eigenvalue weighted by molar-refractivity contribution is 7.11. The first kappa shape index (κ1) is 16.2. The van der Waals surface area contributed by atoms with Crippen molar-refractivity contribution in [2.75, 3.05) is 6.61 Å². The molecule has 0 aromatic carbocycles. The number of hydrogen-bond acceptors (Lipinski definition) is 4. The minimum absolute atomic E-state index is 0.149. The van der Waals surface area contributed by atoms with Crippen LogP contribution >= 0.6 is 11.3 Å². The third-order valence-corrected chi connectivity index (χ3v) is 4.44. The number of carbonyl (C=O) groups excluding carboxylic acids is 2. The highest BCUT2D eigenvalue weighted by atomic mass is 32.1. The van der Waals surface area contributed by atoms with Gasteiger partial charge in [-0.15, -0.1) is 11.3 Å². The smallest absolute Gasteiger partial charge is 0.340 e. The minimum atomic E-state index is -0.397. The molecule has 0 atom stereocenters. The van der Waals surface area contributed by atoms with Crippen molar-refractivity contribution in [3.63, 3.8) is 0 Å². The van der Waals surface area contributed by atoms with Crippen LogP contribution in [0.3, 0.4) is 0 Å². The van der Waals surface area contributed by atoms with E-state index >= 15 is 0 Å². The second kappa shape index (κ2) is 6.75. The maximum absolute atomic E-state index is 12.4. The van der Waals surface area contributed by atoms with Gasteiger partial charge in [-0.3, -0.25) is 4.79 Å². The summed E-state index contributed by atoms with van der Waals surface area (Å²) in [5.41, 5.74) is 3.31. The Hall–Kier alpha value is -2.14. The number of carbonyl (C=O) groups is 2. The Labute approximate surface area is 133 Å². The molecular weight excluding hydrogens is 298 g/mol. The number of nitrogens with one attached hydrogen (secondary N) is 1. The van der Waals surface area contributed by atoms with Gasteiger partial charge in [-0.25, -0.2) is 4.79 Å². The van der Waals surface area contributed by atoms with Crippen molar-refractivity contribution in [2.45, 2.75) is 27.7 Å². The van der Waals surface area contributed by atoms with Gasteiger partial charge < -0.3 is 9.72 Å². The molecule has 2 rings (SSSR count). The molecule has 5 heteroatoms. The fourth-order valence-corrected chi connectivity index (χ4v) is 3.12. The van der Waals surface area contributed by atoms with Gasteiger partial charge in [0.05, 0.1) is 17.9 Å². The van der Waals surface area contributed by atoms with Crippen LogP contribution in [-0.4, -0.2) is 23.3 Å². The molecule has 0 aliphatic carbocycles. The molecule has 0 radical (unpaired) electrons. The van der Waals surface area contributed by atoms with Crippen LogP contribution in [0.4, 0.5) is 0 Å². The van der Waals surface area contributed by atoms with Crippen LogP contribution in [0, 0.1) is 20.8 Å². The van der Waals surface area contributed by atoms with Crippen molar-refractivity contribution >= 4 is 29.2 Å². The lowest BCUT2D eigenvalue weighted by atomic mass is 10.1. The van der Waals surface area contributed by atoms with E-state index in [0.29, 0.717) is 29.1 Å². The lowest BCUT2D eigenvalue weighted by Crippen LogP contribution is -2.07. The number of ether oxygens (including phenoxy) is 1. The fraction of sp³-hybridized carbons (Fsp3) is 0.294. The zero-order valence-corrected chi connectivity index (χ0v) is 14.0. The molecule has 0 spiro atoms. The second-order valence-electron chi connectivity index (χ2n) is 5.01. The maximum Gasteiger partial charge on any atom is 0.340 e. The van der Waals surface area contributed by atoms with Gasteiger partial charge in [0.2, 0.25) is 5.78 Å². The highest BCUT2D eigenvalue weighted by Crippen LogP contribution is 2.21. The van der Waals surface area contributed by atoms with Gasteiger partial charge in [0, 0.05) is 10.6 Å². The summed E-state index contributed by atoms with van der Waals surface area (Å²) in [6.07, 6.45) is 3.34. The van der Waals surface area contributed by atoms with Crippen LogP contribution in [0.5, 0.6) is 0 Å². The number of allylic oxidation sites excluding steroid dienone is 1. The Bertz CT molecular complexity index is 737. The number of thiophene rings is 1. The Balaban J connectivity index is 2.28. The normalized spacial score (nSPS) is 11.1. The van der Waals surface area contributed by atoms with Crippen LogP contribution in [0.1, 0.15) is 49.5 Å². The molecule has 4 nitrogen and oxygen atoms in total. The van der Waals surface area contributed by atoms with Crippen molar-refractivity contribution < 1.29 is 14.3 Å². The molecule has 0 aliphatic rings. The van der Waals surface area contributed by atoms with Crippen molar-refractivity contribution in [1.29, 1.82) is 0 Å². The molecule has 0 amide bonds. The second-order valence-corrected chi connectivity index (χ2v) is 5.96. The molecule has 0 aliphatic heterocycles. The standard InChI is InChI=1S/C17H19NO3S/c1-5-21-17(20)15-11(3)16(18-12(15)4)13(19)6-7-14-10(2)8-9-22-14/h6-9,18H,5H2,1-4H3/b7-6+. The molecule has 22 heavy (non-hydrogen) atoms. The molecule has 0 unspecified atom stereocenters. The van der Waals surface area contributed by atoms with Gasteiger partial charge in [0.15, 0.2) is 0 Å². The lowest BCUT2D eigenvalue weighted by molar-refractivity contribution is 0.0525. The predicted molar refractivity (Wildman–Crippen MR) is 88.6 cm³/mol. The zero-order valence-electron chi connectivity index (χ0n) is 13.1. The zero-order chi connectivity index (χ0) is 16.3. The maximum atomic E-state index is 12.4. The van der Waals surface area contributed by atoms with E-state index in [1.807, 2.05) is 24.4 Å². The van der Waals surface area contributed by atoms with E-state index in [1.54, 1.807) is 32.1 Å². The van der Waals surface area contributed by atoms with Gasteiger partial charge in [0.1, 0.15) is 0 Å². The summed E-state index contributed by atoms with van der Waals surface area (Å²) >= 11 is 1.59. The highest BCUT2D eigenvalue weighted by Gasteiger charge is 2.21. The Kier molecular flexibility index (Phi) is 4.98. The SMILES string of the molecule is CCOC(=O)c1c(C)[nH]c(C(=O)/C=C/c2sccc2C)c1C. The molecule has 2 heterocycles. The van der Waals surface area contributed by atoms with Crippen molar-refractivity contribution in [2.24, 2.45) is 0 Å². The summed E-state index contributed by atoms with van der Waals surface area (Å²) in [5, 5.41) is 1.99. The number of aromatic amines is 1. The molecule has 2 aromatic heterocycles. The van der Waals surface area contributed by atoms with E-state index in [2.05, 4.69) is 4.98 Å². The van der Waals surface area contributed by atoms with E-state index in [9.17, 15) is 9.59 Å². The number of H-pyrrole nitrogens is 1. The summed E-state index contributed by atoms with van der Waals surface area (Å²) in [7, 11) is 0. The van der Waals surface area contributed by atoms with Crippen molar-refractivity contribution in [1.82, 2.24) is 4.98 Å². The van der Waals surface area contributed by atoms with Crippen molar-refractivity contribution in [3.05, 3.63) is 50.5 Å². The molecule has 1 N–H and O–H groups in total. The summed E-state index contributed by atoms with van der Waals surface area (Å²) in [6.45, 7) is 7.59. The molecule has 0 saturated carbocycles. The number of ketones is 1. The minimum Gasteiger partial charge on any atom is -0.462 e. The van der Waals surface area contributed by atoms with E-state index < -0.39 is 5.97 Å². The van der Waals surface area contributed by atoms with Gasteiger partial charge >= 0.3 is 5.97 Å². The lowest BCUT2D eigenvalue weighted by Gasteiger charge is -2.02. The van der Waals surface area contributed by atoms with Gasteiger partial charge in [0.25, 0.3) is 0 Å². The Morgan fingerprint density at radius 2 is 2.05 bits per heavy atom. The average Bonchev–Trinajstić information content (AvgIpc) is 3.00. The van der Waals surface area contributed by atoms with E-state index in [0.717, 1.165) is 10.4 Å². The average molecular weight is 317 g/mol. The summed E-state index contributed by atoms with van der Waals surface area (Å²) in [4.78, 5) is 28.3. The van der Waals surface area contributed by atoms with Crippen LogP contribution in [-0.2, 0) is 4.74 Å². The number of aromatic nitrogens is 1. The topological polar surface area (TPSA) is 59.2 Å². The first-order valence-corrected chi connectivity index (χ1v) is 7.96. The number of aryl methyl sites for hydroxylation is 2. The molecule has 0 fully saturated rings. The van der Waals surface area contributed by atoms with E-state index in [4.69, 9.17) is 4.74 Å². The molecule has 0 bridgehead atoms. The predicted octanol–water partition coefficient (Wildman–Crippen LogP) is 4.07. The van der Waals surface area contributed by atoms with Crippen LogP contribution < -0.4 is 0 Å². The van der Waals surface area contributed by atoms with Crippen LogP contribution in [0.2, 0.25) is 0 Å². The monoisotopic (exact) mass is 317 g/mol. The fourth-order valence-electron chi connectivity index (χ4n) is 2.30. The Morgan fingerprint density at radius 3 is 2.64 bits per heavy atom. The van der Waals surface area contributed by atoms with Gasteiger partial charge in [-0.2, -0.15) is 0 Å². The van der Waals surface area contributed by atoms with E-state index in [-0.39, 0.29) is 5.78 Å². The number of hydrogen-bond donors (Lipinski definition) is 1. The summed E-state index contributed by atoms with van der Waals surface area (Å²) in [5.74, 6) is -0.546. The van der Waals surface area contributed by atoms with Crippen LogP contribution in [0.25, 0.3) is 6.08 Å². The first-order valence-electron chi connectivity index (χ1n) is 7.08. The quantitative estimate of drug-likeness (QED) is 0.513.